The molecule has 34 heavy (non-hydrogen) atoms. The van der Waals surface area contributed by atoms with E-state index < -0.39 is 4.92 Å². The molecule has 3 aromatic carbocycles. The van der Waals surface area contributed by atoms with Crippen LogP contribution in [0.2, 0.25) is 5.02 Å². The molecule has 0 N–H and O–H groups in total. The van der Waals surface area contributed by atoms with Gasteiger partial charge in [-0.3, -0.25) is 15.1 Å². The van der Waals surface area contributed by atoms with Gasteiger partial charge in [0, 0.05) is 51.5 Å². The number of anilines is 1. The summed E-state index contributed by atoms with van der Waals surface area (Å²) in [5.74, 6) is 0.452. The minimum atomic E-state index is -0.392. The molecule has 0 aromatic heterocycles. The predicted molar refractivity (Wildman–Crippen MR) is 142 cm³/mol. The first-order valence-electron chi connectivity index (χ1n) is 11.4. The third-order valence-corrected chi connectivity index (χ3v) is 7.64. The van der Waals surface area contributed by atoms with Crippen LogP contribution in [0.4, 0.5) is 17.1 Å². The second-order valence-corrected chi connectivity index (χ2v) is 10.8. The Morgan fingerprint density at radius 1 is 1.15 bits per heavy atom. The van der Waals surface area contributed by atoms with E-state index in [0.717, 1.165) is 34.0 Å². The maximum Gasteiger partial charge on any atom is 0.269 e. The number of hydrogen-bond donors (Lipinski definition) is 0. The third kappa shape index (κ3) is 5.13. The fourth-order valence-corrected chi connectivity index (χ4v) is 5.76. The summed E-state index contributed by atoms with van der Waals surface area (Å²) in [5, 5.41) is 11.5. The van der Waals surface area contributed by atoms with Crippen molar-refractivity contribution in [1.82, 2.24) is 0 Å². The Bertz CT molecular complexity index is 1220. The van der Waals surface area contributed by atoms with Crippen LogP contribution >= 0.6 is 23.4 Å². The minimum Gasteiger partial charge on any atom is -0.366 e. The number of nitro groups is 1. The fraction of sp³-hybridized carbons (Fsp3) is 0.296. The standard InChI is InChI=1S/C27H28ClN3O2S/c1-5-30-26-15-25(28)19(14-24(26)18(2)16-27(30,3)4)17-29-20-6-10-22(11-7-20)34-23-12-8-21(9-13-23)31(32)33/h6-15,17-18H,5,16H2,1-4H3. The average Bonchev–Trinajstić information content (AvgIpc) is 2.79. The molecule has 0 spiro atoms. The first-order valence-corrected chi connectivity index (χ1v) is 12.5. The van der Waals surface area contributed by atoms with E-state index in [1.165, 1.54) is 23.4 Å². The highest BCUT2D eigenvalue weighted by Crippen LogP contribution is 2.44. The van der Waals surface area contributed by atoms with Gasteiger partial charge in [0.1, 0.15) is 0 Å². The van der Waals surface area contributed by atoms with Crippen molar-refractivity contribution in [3.63, 3.8) is 0 Å². The molecule has 176 valence electrons. The highest BCUT2D eigenvalue weighted by atomic mass is 35.5. The summed E-state index contributed by atoms with van der Waals surface area (Å²) in [4.78, 5) is 19.5. The van der Waals surface area contributed by atoms with Crippen molar-refractivity contribution in [3.05, 3.63) is 86.9 Å². The maximum absolute atomic E-state index is 10.8. The van der Waals surface area contributed by atoms with Crippen molar-refractivity contribution in [2.45, 2.75) is 55.4 Å². The Labute approximate surface area is 210 Å². The number of hydrogen-bond acceptors (Lipinski definition) is 5. The number of rotatable bonds is 6. The molecule has 0 amide bonds. The van der Waals surface area contributed by atoms with E-state index in [2.05, 4.69) is 49.7 Å². The van der Waals surface area contributed by atoms with Crippen molar-refractivity contribution < 1.29 is 4.92 Å². The summed E-state index contributed by atoms with van der Waals surface area (Å²) < 4.78 is 0. The van der Waals surface area contributed by atoms with Crippen molar-refractivity contribution >= 4 is 46.6 Å². The summed E-state index contributed by atoms with van der Waals surface area (Å²) in [5.41, 5.74) is 4.51. The SMILES string of the molecule is CCN1c2cc(Cl)c(C=Nc3ccc(Sc4ccc([N+](=O)[O-])cc4)cc3)cc2C(C)CC1(C)C. The topological polar surface area (TPSA) is 58.7 Å². The molecular formula is C27H28ClN3O2S. The highest BCUT2D eigenvalue weighted by Gasteiger charge is 2.35. The monoisotopic (exact) mass is 493 g/mol. The van der Waals surface area contributed by atoms with Crippen LogP contribution in [0.15, 0.2) is 75.4 Å². The van der Waals surface area contributed by atoms with E-state index in [1.807, 2.05) is 30.5 Å². The highest BCUT2D eigenvalue weighted by molar-refractivity contribution is 7.99. The molecule has 0 aliphatic carbocycles. The molecule has 7 heteroatoms. The summed E-state index contributed by atoms with van der Waals surface area (Å²) in [6, 6.07) is 18.7. The van der Waals surface area contributed by atoms with E-state index in [1.54, 1.807) is 23.9 Å². The smallest absolute Gasteiger partial charge is 0.269 e. The Morgan fingerprint density at radius 2 is 1.76 bits per heavy atom. The second kappa shape index (κ2) is 9.80. The number of non-ortho nitro benzene ring substituents is 1. The van der Waals surface area contributed by atoms with Crippen LogP contribution in [0.1, 0.15) is 51.2 Å². The van der Waals surface area contributed by atoms with Gasteiger partial charge in [0.15, 0.2) is 0 Å². The van der Waals surface area contributed by atoms with Gasteiger partial charge in [-0.15, -0.1) is 0 Å². The minimum absolute atomic E-state index is 0.0929. The molecule has 5 nitrogen and oxygen atoms in total. The molecule has 0 fully saturated rings. The van der Waals surface area contributed by atoms with E-state index in [4.69, 9.17) is 11.6 Å². The Kier molecular flexibility index (Phi) is 7.01. The van der Waals surface area contributed by atoms with Crippen LogP contribution in [-0.4, -0.2) is 23.2 Å². The van der Waals surface area contributed by atoms with Gasteiger partial charge in [0.05, 0.1) is 15.6 Å². The van der Waals surface area contributed by atoms with Crippen LogP contribution < -0.4 is 4.90 Å². The largest absolute Gasteiger partial charge is 0.366 e. The number of halogens is 1. The van der Waals surface area contributed by atoms with Gasteiger partial charge in [-0.25, -0.2) is 0 Å². The molecule has 1 aliphatic rings. The Balaban J connectivity index is 1.50. The zero-order valence-corrected chi connectivity index (χ0v) is 21.4. The lowest BCUT2D eigenvalue weighted by molar-refractivity contribution is -0.384. The molecule has 0 bridgehead atoms. The molecule has 3 aromatic rings. The van der Waals surface area contributed by atoms with Crippen LogP contribution in [0, 0.1) is 10.1 Å². The first-order chi connectivity index (χ1) is 16.2. The summed E-state index contributed by atoms with van der Waals surface area (Å²) in [7, 11) is 0. The molecular weight excluding hydrogens is 466 g/mol. The maximum atomic E-state index is 10.8. The molecule has 4 rings (SSSR count). The van der Waals surface area contributed by atoms with Crippen molar-refractivity contribution in [2.24, 2.45) is 4.99 Å². The lowest BCUT2D eigenvalue weighted by Crippen LogP contribution is -2.48. The van der Waals surface area contributed by atoms with Gasteiger partial charge in [-0.2, -0.15) is 0 Å². The summed E-state index contributed by atoms with van der Waals surface area (Å²) in [6.45, 7) is 10.0. The van der Waals surface area contributed by atoms with E-state index >= 15 is 0 Å². The average molecular weight is 494 g/mol. The van der Waals surface area contributed by atoms with Crippen molar-refractivity contribution in [1.29, 1.82) is 0 Å². The molecule has 1 atom stereocenters. The molecule has 1 unspecified atom stereocenters. The summed E-state index contributed by atoms with van der Waals surface area (Å²) in [6.07, 6.45) is 2.93. The number of nitro benzene ring substituents is 1. The number of fused-ring (bicyclic) bond motifs is 1. The predicted octanol–water partition coefficient (Wildman–Crippen LogP) is 8.26. The van der Waals surface area contributed by atoms with Gasteiger partial charge in [-0.05, 0) is 87.2 Å². The normalized spacial score (nSPS) is 17.1. The summed E-state index contributed by atoms with van der Waals surface area (Å²) >= 11 is 8.22. The number of benzene rings is 3. The molecule has 0 radical (unpaired) electrons. The van der Waals surface area contributed by atoms with Gasteiger partial charge in [-0.1, -0.05) is 30.3 Å². The van der Waals surface area contributed by atoms with Gasteiger partial charge in [0.25, 0.3) is 5.69 Å². The van der Waals surface area contributed by atoms with Crippen LogP contribution in [-0.2, 0) is 0 Å². The third-order valence-electron chi connectivity index (χ3n) is 6.29. The van der Waals surface area contributed by atoms with Crippen LogP contribution in [0.25, 0.3) is 0 Å². The fourth-order valence-electron chi connectivity index (χ4n) is 4.73. The zero-order valence-electron chi connectivity index (χ0n) is 19.8. The molecule has 1 heterocycles. The van der Waals surface area contributed by atoms with E-state index in [-0.39, 0.29) is 11.2 Å². The molecule has 0 saturated carbocycles. The van der Waals surface area contributed by atoms with E-state index in [0.29, 0.717) is 10.9 Å². The second-order valence-electron chi connectivity index (χ2n) is 9.20. The first kappa shape index (κ1) is 24.3. The lowest BCUT2D eigenvalue weighted by atomic mass is 9.79. The van der Waals surface area contributed by atoms with Gasteiger partial charge < -0.3 is 4.90 Å². The zero-order chi connectivity index (χ0) is 24.5. The quantitative estimate of drug-likeness (QED) is 0.197. The van der Waals surface area contributed by atoms with Crippen LogP contribution in [0.5, 0.6) is 0 Å². The van der Waals surface area contributed by atoms with Gasteiger partial charge >= 0.3 is 0 Å². The Morgan fingerprint density at radius 3 is 2.35 bits per heavy atom. The molecule has 1 aliphatic heterocycles. The lowest BCUT2D eigenvalue weighted by Gasteiger charge is -2.47. The van der Waals surface area contributed by atoms with Crippen molar-refractivity contribution in [2.75, 3.05) is 11.4 Å². The van der Waals surface area contributed by atoms with E-state index in [9.17, 15) is 10.1 Å². The van der Waals surface area contributed by atoms with Gasteiger partial charge in [0.2, 0.25) is 0 Å². The van der Waals surface area contributed by atoms with Crippen LogP contribution in [0.3, 0.4) is 0 Å². The van der Waals surface area contributed by atoms with Crippen molar-refractivity contribution in [3.8, 4) is 0 Å². The Hall–Kier alpha value is -2.83. The number of nitrogens with zero attached hydrogens (tertiary/aromatic N) is 3. The molecule has 0 saturated heterocycles. The number of aliphatic imine (C=N–C) groups is 1.